The molecule has 1 N–H and O–H groups in total. The van der Waals surface area contributed by atoms with E-state index >= 15 is 0 Å². The lowest BCUT2D eigenvalue weighted by molar-refractivity contribution is 0.257. The summed E-state index contributed by atoms with van der Waals surface area (Å²) in [7, 11) is 0. The number of aliphatic hydroxyl groups excluding tert-OH is 1. The molecule has 2 aromatic rings. The third kappa shape index (κ3) is 2.85. The van der Waals surface area contributed by atoms with Crippen LogP contribution in [-0.4, -0.2) is 21.3 Å². The van der Waals surface area contributed by atoms with Crippen LogP contribution in [0.4, 0.5) is 0 Å². The van der Waals surface area contributed by atoms with Gasteiger partial charge in [0.2, 0.25) is 0 Å². The topological polar surface area (TPSA) is 47.3 Å². The van der Waals surface area contributed by atoms with Crippen molar-refractivity contribution in [2.75, 3.05) is 6.61 Å². The van der Waals surface area contributed by atoms with E-state index in [0.717, 1.165) is 23.7 Å². The zero-order chi connectivity index (χ0) is 12.1. The van der Waals surface area contributed by atoms with Crippen molar-refractivity contribution in [3.05, 3.63) is 48.0 Å². The van der Waals surface area contributed by atoms with E-state index in [1.54, 1.807) is 6.20 Å². The number of ether oxygens (including phenoxy) is 1. The first-order valence-electron chi connectivity index (χ1n) is 5.60. The van der Waals surface area contributed by atoms with Crippen LogP contribution < -0.4 is 4.74 Å². The molecule has 0 fully saturated rings. The third-order valence-electron chi connectivity index (χ3n) is 2.66. The van der Waals surface area contributed by atoms with Gasteiger partial charge in [0.15, 0.2) is 0 Å². The van der Waals surface area contributed by atoms with E-state index in [0.29, 0.717) is 6.61 Å². The number of para-hydroxylation sites is 1. The van der Waals surface area contributed by atoms with Gasteiger partial charge in [0, 0.05) is 18.0 Å². The van der Waals surface area contributed by atoms with Gasteiger partial charge in [0.1, 0.15) is 18.2 Å². The fraction of sp³-hybridized carbons (Fsp3) is 0.308. The van der Waals surface area contributed by atoms with Crippen LogP contribution in [0.15, 0.2) is 36.7 Å². The maximum absolute atomic E-state index is 9.15. The lowest BCUT2D eigenvalue weighted by atomic mass is 10.2. The molecule has 90 valence electrons. The van der Waals surface area contributed by atoms with E-state index in [2.05, 4.69) is 4.98 Å². The Morgan fingerprint density at radius 3 is 2.88 bits per heavy atom. The third-order valence-corrected chi connectivity index (χ3v) is 2.66. The lowest BCUT2D eigenvalue weighted by Crippen LogP contribution is -2.09. The second-order valence-corrected chi connectivity index (χ2v) is 3.78. The number of imidazole rings is 1. The number of benzene rings is 1. The Bertz CT molecular complexity index is 480. The van der Waals surface area contributed by atoms with E-state index in [9.17, 15) is 0 Å². The normalized spacial score (nSPS) is 10.5. The lowest BCUT2D eigenvalue weighted by Gasteiger charge is -2.10. The van der Waals surface area contributed by atoms with E-state index in [-0.39, 0.29) is 6.61 Å². The minimum atomic E-state index is 0.000274. The van der Waals surface area contributed by atoms with Crippen LogP contribution in [-0.2, 0) is 13.2 Å². The summed E-state index contributed by atoms with van der Waals surface area (Å²) >= 11 is 0. The Hall–Kier alpha value is -1.81. The summed E-state index contributed by atoms with van der Waals surface area (Å²) in [5.41, 5.74) is 0.815. The average molecular weight is 232 g/mol. The van der Waals surface area contributed by atoms with Gasteiger partial charge in [-0.3, -0.25) is 0 Å². The van der Waals surface area contributed by atoms with Gasteiger partial charge in [-0.1, -0.05) is 18.2 Å². The Labute approximate surface area is 100 Å². The van der Waals surface area contributed by atoms with E-state index in [1.165, 1.54) is 0 Å². The number of hydrogen-bond donors (Lipinski definition) is 1. The fourth-order valence-electron chi connectivity index (χ4n) is 1.67. The number of hydrogen-bond acceptors (Lipinski definition) is 3. The highest BCUT2D eigenvalue weighted by Crippen LogP contribution is 2.17. The molecule has 0 amide bonds. The molecule has 0 atom stereocenters. The zero-order valence-corrected chi connectivity index (χ0v) is 9.84. The molecule has 1 heterocycles. The SMILES string of the molecule is Cc1nccn1CCOc1ccccc1CO. The molecule has 0 bridgehead atoms. The Balaban J connectivity index is 1.92. The summed E-state index contributed by atoms with van der Waals surface area (Å²) in [5.74, 6) is 1.72. The molecule has 0 spiro atoms. The highest BCUT2D eigenvalue weighted by molar-refractivity contribution is 5.32. The van der Waals surface area contributed by atoms with E-state index in [4.69, 9.17) is 9.84 Å². The molecule has 0 saturated heterocycles. The first-order chi connectivity index (χ1) is 8.31. The molecule has 17 heavy (non-hydrogen) atoms. The highest BCUT2D eigenvalue weighted by Gasteiger charge is 2.02. The van der Waals surface area contributed by atoms with Gasteiger partial charge in [0.25, 0.3) is 0 Å². The van der Waals surface area contributed by atoms with E-state index in [1.807, 2.05) is 42.0 Å². The second-order valence-electron chi connectivity index (χ2n) is 3.78. The summed E-state index contributed by atoms with van der Waals surface area (Å²) in [6, 6.07) is 7.51. The minimum Gasteiger partial charge on any atom is -0.491 e. The Kier molecular flexibility index (Phi) is 3.77. The summed E-state index contributed by atoms with van der Waals surface area (Å²) in [6.45, 7) is 3.28. The number of rotatable bonds is 5. The Morgan fingerprint density at radius 2 is 2.18 bits per heavy atom. The standard InChI is InChI=1S/C13H16N2O2/c1-11-14-6-7-15(11)8-9-17-13-5-3-2-4-12(13)10-16/h2-7,16H,8-10H2,1H3. The second kappa shape index (κ2) is 5.50. The summed E-state index contributed by atoms with van der Waals surface area (Å²) in [6.07, 6.45) is 3.70. The molecule has 0 unspecified atom stereocenters. The van der Waals surface area contributed by atoms with Crippen LogP contribution in [0.1, 0.15) is 11.4 Å². The predicted molar refractivity (Wildman–Crippen MR) is 64.8 cm³/mol. The molecule has 1 aromatic carbocycles. The molecular formula is C13H16N2O2. The molecule has 4 heteroatoms. The fourth-order valence-corrected chi connectivity index (χ4v) is 1.67. The zero-order valence-electron chi connectivity index (χ0n) is 9.84. The van der Waals surface area contributed by atoms with Crippen LogP contribution in [0.3, 0.4) is 0 Å². The molecule has 0 aliphatic rings. The number of aryl methyl sites for hydroxylation is 1. The van der Waals surface area contributed by atoms with Gasteiger partial charge < -0.3 is 14.4 Å². The monoisotopic (exact) mass is 232 g/mol. The van der Waals surface area contributed by atoms with Crippen molar-refractivity contribution in [3.63, 3.8) is 0 Å². The minimum absolute atomic E-state index is 0.000274. The molecule has 0 radical (unpaired) electrons. The predicted octanol–water partition coefficient (Wildman–Crippen LogP) is 1.76. The largest absolute Gasteiger partial charge is 0.491 e. The quantitative estimate of drug-likeness (QED) is 0.854. The summed E-state index contributed by atoms with van der Waals surface area (Å²) in [4.78, 5) is 4.14. The van der Waals surface area contributed by atoms with Crippen molar-refractivity contribution in [2.24, 2.45) is 0 Å². The molecular weight excluding hydrogens is 216 g/mol. The van der Waals surface area contributed by atoms with Crippen molar-refractivity contribution in [2.45, 2.75) is 20.1 Å². The van der Waals surface area contributed by atoms with Crippen LogP contribution in [0.2, 0.25) is 0 Å². The maximum Gasteiger partial charge on any atom is 0.124 e. The molecule has 1 aromatic heterocycles. The van der Waals surface area contributed by atoms with Gasteiger partial charge in [-0.15, -0.1) is 0 Å². The van der Waals surface area contributed by atoms with Crippen molar-refractivity contribution >= 4 is 0 Å². The van der Waals surface area contributed by atoms with Crippen LogP contribution in [0.5, 0.6) is 5.75 Å². The highest BCUT2D eigenvalue weighted by atomic mass is 16.5. The molecule has 2 rings (SSSR count). The smallest absolute Gasteiger partial charge is 0.124 e. The molecule has 0 aliphatic carbocycles. The van der Waals surface area contributed by atoms with Gasteiger partial charge in [-0.25, -0.2) is 4.98 Å². The number of aromatic nitrogens is 2. The van der Waals surface area contributed by atoms with Crippen molar-refractivity contribution in [3.8, 4) is 5.75 Å². The van der Waals surface area contributed by atoms with E-state index < -0.39 is 0 Å². The van der Waals surface area contributed by atoms with Crippen molar-refractivity contribution in [1.82, 2.24) is 9.55 Å². The van der Waals surface area contributed by atoms with Crippen LogP contribution in [0.25, 0.3) is 0 Å². The first kappa shape index (κ1) is 11.7. The summed E-state index contributed by atoms with van der Waals surface area (Å²) in [5, 5.41) is 9.15. The number of aliphatic hydroxyl groups is 1. The van der Waals surface area contributed by atoms with Gasteiger partial charge in [-0.05, 0) is 13.0 Å². The molecule has 0 aliphatic heterocycles. The average Bonchev–Trinajstić information content (AvgIpc) is 2.76. The van der Waals surface area contributed by atoms with Crippen molar-refractivity contribution in [1.29, 1.82) is 0 Å². The van der Waals surface area contributed by atoms with Crippen LogP contribution in [0, 0.1) is 6.92 Å². The first-order valence-corrected chi connectivity index (χ1v) is 5.60. The number of nitrogens with zero attached hydrogens (tertiary/aromatic N) is 2. The molecule has 4 nitrogen and oxygen atoms in total. The van der Waals surface area contributed by atoms with Crippen LogP contribution >= 0.6 is 0 Å². The Morgan fingerprint density at radius 1 is 1.35 bits per heavy atom. The summed E-state index contributed by atoms with van der Waals surface area (Å²) < 4.78 is 7.68. The van der Waals surface area contributed by atoms with Gasteiger partial charge in [0.05, 0.1) is 13.2 Å². The maximum atomic E-state index is 9.15. The van der Waals surface area contributed by atoms with Gasteiger partial charge >= 0.3 is 0 Å². The molecule has 0 saturated carbocycles. The van der Waals surface area contributed by atoms with Crippen molar-refractivity contribution < 1.29 is 9.84 Å². The van der Waals surface area contributed by atoms with Gasteiger partial charge in [-0.2, -0.15) is 0 Å².